The van der Waals surface area contributed by atoms with Gasteiger partial charge in [0.15, 0.2) is 0 Å². The molecule has 1 saturated heterocycles. The Bertz CT molecular complexity index is 1000. The van der Waals surface area contributed by atoms with Gasteiger partial charge in [-0.1, -0.05) is 55.5 Å². The molecular weight excluding hydrogens is 424 g/mol. The molecule has 2 amide bonds. The molecule has 0 aromatic heterocycles. The van der Waals surface area contributed by atoms with Gasteiger partial charge in [-0.05, 0) is 28.7 Å². The molecule has 1 atom stereocenters. The standard InChI is InChI=1S/C25H28N2O6/c1-2-21(22(28)29)26-23(30)25(11-13-32-14-12-25)27-24(31)33-15-20-18-9-5-3-7-16(18)17-8-4-6-10-19(17)20/h3-10,20-21H,2,11-15H2,1H3,(H,26,30)(H,27,31)(H,28,29). The third-order valence-electron chi connectivity index (χ3n) is 6.48. The lowest BCUT2D eigenvalue weighted by molar-refractivity contribution is -0.144. The highest BCUT2D eigenvalue weighted by molar-refractivity contribution is 5.93. The van der Waals surface area contributed by atoms with Crippen LogP contribution in [0.5, 0.6) is 0 Å². The Hall–Kier alpha value is -3.39. The van der Waals surface area contributed by atoms with E-state index in [0.717, 1.165) is 22.3 Å². The predicted octanol–water partition coefficient (Wildman–Crippen LogP) is 3.05. The minimum absolute atomic E-state index is 0.0981. The van der Waals surface area contributed by atoms with Crippen LogP contribution >= 0.6 is 0 Å². The summed E-state index contributed by atoms with van der Waals surface area (Å²) in [5.74, 6) is -1.75. The maximum absolute atomic E-state index is 13.0. The molecule has 2 aliphatic rings. The number of aliphatic carboxylic acids is 1. The first-order chi connectivity index (χ1) is 15.9. The van der Waals surface area contributed by atoms with Gasteiger partial charge in [0.05, 0.1) is 0 Å². The Morgan fingerprint density at radius 2 is 1.64 bits per heavy atom. The fourth-order valence-electron chi connectivity index (χ4n) is 4.59. The van der Waals surface area contributed by atoms with E-state index in [9.17, 15) is 19.5 Å². The predicted molar refractivity (Wildman–Crippen MR) is 121 cm³/mol. The summed E-state index contributed by atoms with van der Waals surface area (Å²) in [4.78, 5) is 37.2. The van der Waals surface area contributed by atoms with Crippen molar-refractivity contribution < 1.29 is 29.0 Å². The molecular formula is C25H28N2O6. The van der Waals surface area contributed by atoms with Crippen molar-refractivity contribution in [2.75, 3.05) is 19.8 Å². The zero-order chi connectivity index (χ0) is 23.4. The number of carbonyl (C=O) groups excluding carboxylic acids is 2. The van der Waals surface area contributed by atoms with E-state index in [1.807, 2.05) is 36.4 Å². The van der Waals surface area contributed by atoms with Crippen molar-refractivity contribution >= 4 is 18.0 Å². The number of ether oxygens (including phenoxy) is 2. The number of nitrogens with one attached hydrogen (secondary N) is 2. The topological polar surface area (TPSA) is 114 Å². The molecule has 174 valence electrons. The average Bonchev–Trinajstić information content (AvgIpc) is 3.15. The van der Waals surface area contributed by atoms with Crippen molar-refractivity contribution in [1.82, 2.24) is 10.6 Å². The van der Waals surface area contributed by atoms with Crippen LogP contribution in [0.25, 0.3) is 11.1 Å². The van der Waals surface area contributed by atoms with Gasteiger partial charge in [0.2, 0.25) is 5.91 Å². The van der Waals surface area contributed by atoms with Crippen LogP contribution in [0.4, 0.5) is 4.79 Å². The molecule has 2 aromatic carbocycles. The lowest BCUT2D eigenvalue weighted by Crippen LogP contribution is -2.63. The number of carboxylic acids is 1. The quantitative estimate of drug-likeness (QED) is 0.595. The zero-order valence-corrected chi connectivity index (χ0v) is 18.5. The number of rotatable bonds is 7. The number of amides is 2. The van der Waals surface area contributed by atoms with Gasteiger partial charge in [-0.15, -0.1) is 0 Å². The second kappa shape index (κ2) is 9.62. The van der Waals surface area contributed by atoms with E-state index in [2.05, 4.69) is 22.8 Å². The molecule has 4 rings (SSSR count). The third kappa shape index (κ3) is 4.57. The van der Waals surface area contributed by atoms with Crippen LogP contribution in [-0.4, -0.2) is 54.5 Å². The molecule has 33 heavy (non-hydrogen) atoms. The van der Waals surface area contributed by atoms with Gasteiger partial charge in [-0.25, -0.2) is 9.59 Å². The van der Waals surface area contributed by atoms with Crippen molar-refractivity contribution in [2.45, 2.75) is 43.7 Å². The smallest absolute Gasteiger partial charge is 0.408 e. The van der Waals surface area contributed by atoms with E-state index in [1.165, 1.54) is 0 Å². The van der Waals surface area contributed by atoms with E-state index < -0.39 is 29.6 Å². The number of fused-ring (bicyclic) bond motifs is 3. The number of carbonyl (C=O) groups is 3. The third-order valence-corrected chi connectivity index (χ3v) is 6.48. The maximum atomic E-state index is 13.0. The largest absolute Gasteiger partial charge is 0.480 e. The summed E-state index contributed by atoms with van der Waals surface area (Å²) in [5.41, 5.74) is 3.17. The minimum Gasteiger partial charge on any atom is -0.480 e. The van der Waals surface area contributed by atoms with Crippen molar-refractivity contribution in [3.05, 3.63) is 59.7 Å². The summed E-state index contributed by atoms with van der Waals surface area (Å²) < 4.78 is 11.0. The highest BCUT2D eigenvalue weighted by Gasteiger charge is 2.43. The average molecular weight is 453 g/mol. The Morgan fingerprint density at radius 3 is 2.18 bits per heavy atom. The number of hydrogen-bond acceptors (Lipinski definition) is 5. The highest BCUT2D eigenvalue weighted by atomic mass is 16.5. The Balaban J connectivity index is 1.47. The molecule has 1 aliphatic heterocycles. The molecule has 1 fully saturated rings. The van der Waals surface area contributed by atoms with E-state index in [-0.39, 0.29) is 45.0 Å². The van der Waals surface area contributed by atoms with Crippen LogP contribution in [0, 0.1) is 0 Å². The molecule has 1 unspecified atom stereocenters. The SMILES string of the molecule is CCC(NC(=O)C1(NC(=O)OCC2c3ccccc3-c3ccccc32)CCOCC1)C(=O)O. The lowest BCUT2D eigenvalue weighted by Gasteiger charge is -2.36. The second-order valence-electron chi connectivity index (χ2n) is 8.42. The van der Waals surface area contributed by atoms with Crippen LogP contribution in [0.3, 0.4) is 0 Å². The van der Waals surface area contributed by atoms with Gasteiger partial charge >= 0.3 is 12.1 Å². The fourth-order valence-corrected chi connectivity index (χ4v) is 4.59. The summed E-state index contributed by atoms with van der Waals surface area (Å²) in [6.45, 7) is 2.36. The maximum Gasteiger partial charge on any atom is 0.408 e. The second-order valence-corrected chi connectivity index (χ2v) is 8.42. The van der Waals surface area contributed by atoms with Gasteiger partial charge < -0.3 is 25.2 Å². The van der Waals surface area contributed by atoms with Crippen LogP contribution < -0.4 is 10.6 Å². The molecule has 8 heteroatoms. The Kier molecular flexibility index (Phi) is 6.65. The van der Waals surface area contributed by atoms with Crippen molar-refractivity contribution in [1.29, 1.82) is 0 Å². The monoisotopic (exact) mass is 452 g/mol. The van der Waals surface area contributed by atoms with Crippen LogP contribution in [0.1, 0.15) is 43.2 Å². The normalized spacial score (nSPS) is 17.4. The molecule has 1 heterocycles. The summed E-state index contributed by atoms with van der Waals surface area (Å²) in [6, 6.07) is 15.1. The minimum atomic E-state index is -1.27. The van der Waals surface area contributed by atoms with E-state index >= 15 is 0 Å². The molecule has 0 spiro atoms. The molecule has 8 nitrogen and oxygen atoms in total. The summed E-state index contributed by atoms with van der Waals surface area (Å²) in [6.07, 6.45) is -0.00573. The fraction of sp³-hybridized carbons (Fsp3) is 0.400. The van der Waals surface area contributed by atoms with E-state index in [4.69, 9.17) is 9.47 Å². The number of hydrogen-bond donors (Lipinski definition) is 3. The van der Waals surface area contributed by atoms with E-state index in [0.29, 0.717) is 0 Å². The first kappa shape index (κ1) is 22.8. The summed E-state index contributed by atoms with van der Waals surface area (Å²) in [5, 5.41) is 14.6. The zero-order valence-electron chi connectivity index (χ0n) is 18.5. The van der Waals surface area contributed by atoms with Crippen LogP contribution in [0.2, 0.25) is 0 Å². The number of alkyl carbamates (subject to hydrolysis) is 1. The van der Waals surface area contributed by atoms with Gasteiger partial charge in [-0.3, -0.25) is 4.79 Å². The molecule has 3 N–H and O–H groups in total. The molecule has 1 aliphatic carbocycles. The Labute approximate surface area is 192 Å². The van der Waals surface area contributed by atoms with Gasteiger partial charge in [0.1, 0.15) is 18.2 Å². The van der Waals surface area contributed by atoms with E-state index in [1.54, 1.807) is 6.92 Å². The van der Waals surface area contributed by atoms with Crippen molar-refractivity contribution in [3.8, 4) is 11.1 Å². The first-order valence-corrected chi connectivity index (χ1v) is 11.2. The van der Waals surface area contributed by atoms with Crippen LogP contribution in [0.15, 0.2) is 48.5 Å². The van der Waals surface area contributed by atoms with Crippen LogP contribution in [-0.2, 0) is 19.1 Å². The number of benzene rings is 2. The van der Waals surface area contributed by atoms with Crippen molar-refractivity contribution in [3.63, 3.8) is 0 Å². The molecule has 0 saturated carbocycles. The lowest BCUT2D eigenvalue weighted by atomic mass is 9.88. The number of carboxylic acid groups (broad SMARTS) is 1. The van der Waals surface area contributed by atoms with Gasteiger partial charge in [-0.2, -0.15) is 0 Å². The summed E-state index contributed by atoms with van der Waals surface area (Å²) in [7, 11) is 0. The Morgan fingerprint density at radius 1 is 1.06 bits per heavy atom. The van der Waals surface area contributed by atoms with Gasteiger partial charge in [0.25, 0.3) is 0 Å². The van der Waals surface area contributed by atoms with Gasteiger partial charge in [0, 0.05) is 32.0 Å². The molecule has 2 aromatic rings. The molecule has 0 radical (unpaired) electrons. The first-order valence-electron chi connectivity index (χ1n) is 11.2. The summed E-state index contributed by atoms with van der Waals surface area (Å²) >= 11 is 0. The molecule has 0 bridgehead atoms. The highest BCUT2D eigenvalue weighted by Crippen LogP contribution is 2.44. The van der Waals surface area contributed by atoms with Crippen molar-refractivity contribution in [2.24, 2.45) is 0 Å².